The van der Waals surface area contributed by atoms with Gasteiger partial charge in [-0.15, -0.1) is 0 Å². The minimum Gasteiger partial charge on any atom is -0.352 e. The van der Waals surface area contributed by atoms with Gasteiger partial charge in [-0.05, 0) is 54.8 Å². The summed E-state index contributed by atoms with van der Waals surface area (Å²) in [4.78, 5) is 14.7. The van der Waals surface area contributed by atoms with Gasteiger partial charge in [0.05, 0.1) is 6.42 Å². The zero-order valence-electron chi connectivity index (χ0n) is 14.5. The van der Waals surface area contributed by atoms with Gasteiger partial charge in [-0.2, -0.15) is 0 Å². The van der Waals surface area contributed by atoms with Crippen LogP contribution < -0.4 is 5.32 Å². The van der Waals surface area contributed by atoms with Crippen LogP contribution in [0.3, 0.4) is 0 Å². The Morgan fingerprint density at radius 1 is 0.960 bits per heavy atom. The van der Waals surface area contributed by atoms with Gasteiger partial charge in [-0.3, -0.25) is 9.69 Å². The Bertz CT molecular complexity index is 711. The van der Waals surface area contributed by atoms with E-state index in [0.29, 0.717) is 18.0 Å². The van der Waals surface area contributed by atoms with Crippen LogP contribution in [0.2, 0.25) is 5.02 Å². The second-order valence-corrected chi connectivity index (χ2v) is 7.18. The molecule has 0 radical (unpaired) electrons. The fourth-order valence-corrected chi connectivity index (χ4v) is 3.52. The first-order chi connectivity index (χ1) is 12.2. The molecule has 132 valence electrons. The fourth-order valence-electron chi connectivity index (χ4n) is 3.31. The summed E-state index contributed by atoms with van der Waals surface area (Å²) in [7, 11) is 0. The van der Waals surface area contributed by atoms with Crippen LogP contribution in [0.25, 0.3) is 0 Å². The molecular weight excluding hydrogens is 332 g/mol. The number of amides is 1. The van der Waals surface area contributed by atoms with E-state index < -0.39 is 0 Å². The van der Waals surface area contributed by atoms with Crippen molar-refractivity contribution in [1.29, 1.82) is 0 Å². The van der Waals surface area contributed by atoms with Crippen LogP contribution in [-0.4, -0.2) is 23.9 Å². The average molecular weight is 357 g/mol. The summed E-state index contributed by atoms with van der Waals surface area (Å²) < 4.78 is 0. The minimum atomic E-state index is 0.0173. The zero-order chi connectivity index (χ0) is 17.5. The Morgan fingerprint density at radius 2 is 1.68 bits per heavy atom. The summed E-state index contributed by atoms with van der Waals surface area (Å²) in [6, 6.07) is 16.0. The van der Waals surface area contributed by atoms with Crippen molar-refractivity contribution < 1.29 is 4.79 Å². The van der Waals surface area contributed by atoms with E-state index in [1.165, 1.54) is 37.9 Å². The highest BCUT2D eigenvalue weighted by atomic mass is 35.5. The number of halogens is 1. The molecule has 0 aliphatic carbocycles. The highest BCUT2D eigenvalue weighted by molar-refractivity contribution is 6.30. The van der Waals surface area contributed by atoms with Crippen molar-refractivity contribution >= 4 is 17.5 Å². The highest BCUT2D eigenvalue weighted by Crippen LogP contribution is 2.14. The van der Waals surface area contributed by atoms with E-state index in [9.17, 15) is 4.79 Å². The molecule has 0 atom stereocenters. The summed E-state index contributed by atoms with van der Waals surface area (Å²) in [5, 5.41) is 3.66. The van der Waals surface area contributed by atoms with E-state index in [1.54, 1.807) is 0 Å². The lowest BCUT2D eigenvalue weighted by molar-refractivity contribution is -0.120. The van der Waals surface area contributed by atoms with Gasteiger partial charge in [0.15, 0.2) is 0 Å². The Kier molecular flexibility index (Phi) is 6.48. The number of carbonyl (C=O) groups is 1. The molecule has 0 saturated carbocycles. The molecule has 0 aromatic heterocycles. The number of rotatable bonds is 6. The molecule has 1 heterocycles. The van der Waals surface area contributed by atoms with Crippen molar-refractivity contribution in [2.75, 3.05) is 13.1 Å². The van der Waals surface area contributed by atoms with E-state index in [1.807, 2.05) is 24.3 Å². The first-order valence-electron chi connectivity index (χ1n) is 9.00. The van der Waals surface area contributed by atoms with Gasteiger partial charge in [0, 0.05) is 18.1 Å². The Hall–Kier alpha value is -1.84. The van der Waals surface area contributed by atoms with Gasteiger partial charge in [0.2, 0.25) is 5.91 Å². The molecule has 1 saturated heterocycles. The van der Waals surface area contributed by atoms with Crippen molar-refractivity contribution in [1.82, 2.24) is 10.2 Å². The van der Waals surface area contributed by atoms with Gasteiger partial charge in [-0.1, -0.05) is 54.4 Å². The fraction of sp³-hybridized carbons (Fsp3) is 0.381. The first-order valence-corrected chi connectivity index (χ1v) is 9.38. The topological polar surface area (TPSA) is 32.3 Å². The lowest BCUT2D eigenvalue weighted by Gasteiger charge is -2.26. The predicted molar refractivity (Wildman–Crippen MR) is 103 cm³/mol. The average Bonchev–Trinajstić information content (AvgIpc) is 2.61. The largest absolute Gasteiger partial charge is 0.352 e. The zero-order valence-corrected chi connectivity index (χ0v) is 15.3. The molecule has 1 aliphatic heterocycles. The van der Waals surface area contributed by atoms with Crippen molar-refractivity contribution in [3.05, 3.63) is 70.2 Å². The monoisotopic (exact) mass is 356 g/mol. The summed E-state index contributed by atoms with van der Waals surface area (Å²) in [6.45, 7) is 3.96. The first kappa shape index (κ1) is 18.0. The number of piperidine rings is 1. The van der Waals surface area contributed by atoms with Crippen LogP contribution in [0, 0.1) is 0 Å². The normalized spacial score (nSPS) is 15.1. The van der Waals surface area contributed by atoms with Gasteiger partial charge >= 0.3 is 0 Å². The molecule has 3 nitrogen and oxygen atoms in total. The quantitative estimate of drug-likeness (QED) is 0.841. The van der Waals surface area contributed by atoms with Crippen LogP contribution in [0.5, 0.6) is 0 Å². The van der Waals surface area contributed by atoms with Crippen molar-refractivity contribution in [3.8, 4) is 0 Å². The second-order valence-electron chi connectivity index (χ2n) is 6.74. The van der Waals surface area contributed by atoms with E-state index in [4.69, 9.17) is 11.6 Å². The molecule has 25 heavy (non-hydrogen) atoms. The molecule has 0 bridgehead atoms. The molecule has 1 fully saturated rings. The molecule has 4 heteroatoms. The third kappa shape index (κ3) is 5.87. The Labute approximate surface area is 155 Å². The maximum atomic E-state index is 12.1. The Balaban J connectivity index is 1.50. The summed E-state index contributed by atoms with van der Waals surface area (Å²) in [5.74, 6) is 0.0173. The van der Waals surface area contributed by atoms with Crippen molar-refractivity contribution in [3.63, 3.8) is 0 Å². The molecule has 1 amide bonds. The summed E-state index contributed by atoms with van der Waals surface area (Å²) in [5.41, 5.74) is 3.40. The number of likely N-dealkylation sites (tertiary alicyclic amines) is 1. The highest BCUT2D eigenvalue weighted by Gasteiger charge is 2.10. The molecular formula is C21H25ClN2O. The number of nitrogens with one attached hydrogen (secondary N) is 1. The maximum absolute atomic E-state index is 12.1. The van der Waals surface area contributed by atoms with Crippen molar-refractivity contribution in [2.45, 2.75) is 38.8 Å². The van der Waals surface area contributed by atoms with Crippen LogP contribution in [0.1, 0.15) is 36.0 Å². The van der Waals surface area contributed by atoms with Gasteiger partial charge in [-0.25, -0.2) is 0 Å². The van der Waals surface area contributed by atoms with E-state index >= 15 is 0 Å². The molecule has 2 aromatic carbocycles. The molecule has 3 rings (SSSR count). The van der Waals surface area contributed by atoms with Crippen LogP contribution in [0.15, 0.2) is 48.5 Å². The third-order valence-electron chi connectivity index (χ3n) is 4.59. The van der Waals surface area contributed by atoms with Crippen LogP contribution >= 0.6 is 11.6 Å². The number of carbonyl (C=O) groups excluding carboxylic acids is 1. The van der Waals surface area contributed by atoms with Crippen molar-refractivity contribution in [2.24, 2.45) is 0 Å². The van der Waals surface area contributed by atoms with Gasteiger partial charge < -0.3 is 5.32 Å². The summed E-state index contributed by atoms with van der Waals surface area (Å²) >= 11 is 5.96. The minimum absolute atomic E-state index is 0.0173. The number of nitrogens with zero attached hydrogens (tertiary/aromatic N) is 1. The lowest BCUT2D eigenvalue weighted by atomic mass is 10.1. The maximum Gasteiger partial charge on any atom is 0.224 e. The SMILES string of the molecule is O=C(Cc1cccc(Cl)c1)NCc1cccc(CN2CCCCC2)c1. The standard InChI is InChI=1S/C21H25ClN2O/c22-20-9-5-6-17(13-20)14-21(25)23-15-18-7-4-8-19(12-18)16-24-10-2-1-3-11-24/h4-9,12-13H,1-3,10-11,14-16H2,(H,23,25). The lowest BCUT2D eigenvalue weighted by Crippen LogP contribution is -2.29. The second kappa shape index (κ2) is 9.02. The molecule has 2 aromatic rings. The summed E-state index contributed by atoms with van der Waals surface area (Å²) in [6.07, 6.45) is 4.32. The Morgan fingerprint density at radius 3 is 2.48 bits per heavy atom. The molecule has 0 spiro atoms. The number of benzene rings is 2. The van der Waals surface area contributed by atoms with Crippen LogP contribution in [-0.2, 0) is 24.3 Å². The number of hydrogen-bond acceptors (Lipinski definition) is 2. The van der Waals surface area contributed by atoms with E-state index in [0.717, 1.165) is 17.7 Å². The molecule has 0 unspecified atom stereocenters. The van der Waals surface area contributed by atoms with Crippen LogP contribution in [0.4, 0.5) is 0 Å². The predicted octanol–water partition coefficient (Wildman–Crippen LogP) is 4.18. The van der Waals surface area contributed by atoms with Gasteiger partial charge in [0.1, 0.15) is 0 Å². The van der Waals surface area contributed by atoms with E-state index in [-0.39, 0.29) is 5.91 Å². The number of hydrogen-bond donors (Lipinski definition) is 1. The van der Waals surface area contributed by atoms with E-state index in [2.05, 4.69) is 34.5 Å². The smallest absolute Gasteiger partial charge is 0.224 e. The third-order valence-corrected chi connectivity index (χ3v) is 4.82. The molecule has 1 N–H and O–H groups in total. The molecule has 1 aliphatic rings. The van der Waals surface area contributed by atoms with Gasteiger partial charge in [0.25, 0.3) is 0 Å².